The fourth-order valence-electron chi connectivity index (χ4n) is 2.66. The topological polar surface area (TPSA) is 82.6 Å². The fraction of sp³-hybridized carbons (Fsp3) is 0.300. The van der Waals surface area contributed by atoms with Crippen molar-refractivity contribution in [1.29, 1.82) is 0 Å². The van der Waals surface area contributed by atoms with Crippen LogP contribution in [0, 0.1) is 0 Å². The molecule has 1 amide bonds. The summed E-state index contributed by atoms with van der Waals surface area (Å²) in [6.07, 6.45) is 4.70. The second kappa shape index (κ2) is 9.48. The number of rotatable bonds is 8. The van der Waals surface area contributed by atoms with Crippen LogP contribution in [0.15, 0.2) is 53.6 Å². The van der Waals surface area contributed by atoms with Crippen LogP contribution in [0.4, 0.5) is 11.5 Å². The molecule has 1 heterocycles. The molecule has 8 heteroatoms. The summed E-state index contributed by atoms with van der Waals surface area (Å²) < 4.78 is 26.4. The zero-order chi connectivity index (χ0) is 20.7. The van der Waals surface area contributed by atoms with E-state index >= 15 is 0 Å². The van der Waals surface area contributed by atoms with Gasteiger partial charge in [0, 0.05) is 39.5 Å². The number of carbonyl (C=O) groups is 1. The van der Waals surface area contributed by atoms with E-state index in [1.54, 1.807) is 62.5 Å². The second-order valence-corrected chi connectivity index (χ2v) is 8.19. The first-order valence-corrected chi connectivity index (χ1v) is 10.4. The number of anilines is 2. The molecular formula is C20H26N4O3S. The van der Waals surface area contributed by atoms with Crippen molar-refractivity contribution in [2.45, 2.75) is 18.7 Å². The van der Waals surface area contributed by atoms with Crippen LogP contribution >= 0.6 is 0 Å². The van der Waals surface area contributed by atoms with Crippen molar-refractivity contribution in [3.05, 3.63) is 54.2 Å². The van der Waals surface area contributed by atoms with Gasteiger partial charge in [0.25, 0.3) is 0 Å². The van der Waals surface area contributed by atoms with E-state index in [0.29, 0.717) is 24.6 Å². The Morgan fingerprint density at radius 2 is 1.75 bits per heavy atom. The first-order chi connectivity index (χ1) is 13.3. The van der Waals surface area contributed by atoms with Crippen LogP contribution < -0.4 is 10.2 Å². The molecule has 1 aromatic heterocycles. The van der Waals surface area contributed by atoms with Crippen LogP contribution in [0.2, 0.25) is 0 Å². The molecule has 0 saturated carbocycles. The van der Waals surface area contributed by atoms with Crippen molar-refractivity contribution >= 4 is 33.5 Å². The molecular weight excluding hydrogens is 376 g/mol. The number of nitrogens with one attached hydrogen (secondary N) is 1. The van der Waals surface area contributed by atoms with Gasteiger partial charge in [0.05, 0.1) is 10.6 Å². The maximum absolute atomic E-state index is 12.5. The van der Waals surface area contributed by atoms with Gasteiger partial charge in [0.15, 0.2) is 5.82 Å². The lowest BCUT2D eigenvalue weighted by Gasteiger charge is -2.18. The van der Waals surface area contributed by atoms with Gasteiger partial charge < -0.3 is 10.2 Å². The highest BCUT2D eigenvalue weighted by molar-refractivity contribution is 7.89. The van der Waals surface area contributed by atoms with Crippen molar-refractivity contribution in [2.75, 3.05) is 37.4 Å². The highest BCUT2D eigenvalue weighted by atomic mass is 32.2. The van der Waals surface area contributed by atoms with Crippen LogP contribution in [0.3, 0.4) is 0 Å². The molecule has 0 aliphatic carbocycles. The molecule has 0 fully saturated rings. The number of amides is 1. The number of benzene rings is 1. The summed E-state index contributed by atoms with van der Waals surface area (Å²) >= 11 is 0. The molecule has 0 bridgehead atoms. The molecule has 2 rings (SSSR count). The van der Waals surface area contributed by atoms with Crippen LogP contribution in [-0.2, 0) is 14.8 Å². The zero-order valence-electron chi connectivity index (χ0n) is 16.6. The lowest BCUT2D eigenvalue weighted by Crippen LogP contribution is -2.30. The minimum absolute atomic E-state index is 0.240. The third-order valence-electron chi connectivity index (χ3n) is 4.12. The van der Waals surface area contributed by atoms with E-state index in [2.05, 4.69) is 10.3 Å². The molecule has 0 aliphatic heterocycles. The predicted octanol–water partition coefficient (Wildman–Crippen LogP) is 2.83. The second-order valence-electron chi connectivity index (χ2n) is 6.25. The Bertz CT molecular complexity index is 934. The maximum Gasteiger partial charge on any atom is 0.248 e. The van der Waals surface area contributed by atoms with Gasteiger partial charge in [-0.3, -0.25) is 4.79 Å². The van der Waals surface area contributed by atoms with Crippen molar-refractivity contribution in [2.24, 2.45) is 0 Å². The van der Waals surface area contributed by atoms with Gasteiger partial charge >= 0.3 is 0 Å². The van der Waals surface area contributed by atoms with Crippen molar-refractivity contribution in [3.63, 3.8) is 0 Å². The third-order valence-corrected chi connectivity index (χ3v) is 6.18. The number of carbonyl (C=O) groups excluding carboxylic acids is 1. The molecule has 150 valence electrons. The van der Waals surface area contributed by atoms with E-state index in [4.69, 9.17) is 0 Å². The minimum atomic E-state index is -3.48. The Hall–Kier alpha value is -2.71. The summed E-state index contributed by atoms with van der Waals surface area (Å²) in [5.41, 5.74) is 1.34. The van der Waals surface area contributed by atoms with Gasteiger partial charge in [-0.1, -0.05) is 26.0 Å². The number of hydrogen-bond acceptors (Lipinski definition) is 5. The molecule has 1 N–H and O–H groups in total. The molecule has 28 heavy (non-hydrogen) atoms. The summed E-state index contributed by atoms with van der Waals surface area (Å²) in [7, 11) is 0.213. The van der Waals surface area contributed by atoms with Crippen molar-refractivity contribution < 1.29 is 13.2 Å². The molecule has 0 spiro atoms. The number of nitrogens with zero attached hydrogens (tertiary/aromatic N) is 3. The van der Waals surface area contributed by atoms with Crippen LogP contribution in [-0.4, -0.2) is 50.8 Å². The molecule has 0 unspecified atom stereocenters. The van der Waals surface area contributed by atoms with Gasteiger partial charge in [0.2, 0.25) is 15.9 Å². The van der Waals surface area contributed by atoms with E-state index in [1.807, 2.05) is 19.0 Å². The molecule has 0 radical (unpaired) electrons. The zero-order valence-corrected chi connectivity index (χ0v) is 17.4. The van der Waals surface area contributed by atoms with Gasteiger partial charge in [-0.2, -0.15) is 4.31 Å². The van der Waals surface area contributed by atoms with Crippen molar-refractivity contribution in [3.8, 4) is 0 Å². The van der Waals surface area contributed by atoms with Gasteiger partial charge in [-0.05, 0) is 35.9 Å². The number of sulfonamides is 1. The van der Waals surface area contributed by atoms with Crippen LogP contribution in [0.5, 0.6) is 0 Å². The normalized spacial score (nSPS) is 11.8. The standard InChI is InChI=1S/C20H26N4O3S/c1-5-24(6-2)28(26,27)17-12-9-16(10-13-17)11-14-19(25)22-18-8-7-15-21-20(18)23(3)4/h7-15H,5-6H2,1-4H3,(H,22,25)/b14-11+. The quantitative estimate of drug-likeness (QED) is 0.687. The highest BCUT2D eigenvalue weighted by Crippen LogP contribution is 2.20. The third kappa shape index (κ3) is 5.17. The molecule has 0 saturated heterocycles. The largest absolute Gasteiger partial charge is 0.361 e. The Morgan fingerprint density at radius 3 is 2.32 bits per heavy atom. The molecule has 0 aliphatic rings. The predicted molar refractivity (Wildman–Crippen MR) is 113 cm³/mol. The summed E-state index contributed by atoms with van der Waals surface area (Å²) in [6, 6.07) is 9.99. The van der Waals surface area contributed by atoms with Gasteiger partial charge in [-0.25, -0.2) is 13.4 Å². The molecule has 0 atom stereocenters. The smallest absolute Gasteiger partial charge is 0.248 e. The molecule has 7 nitrogen and oxygen atoms in total. The average molecular weight is 403 g/mol. The van der Waals surface area contributed by atoms with Crippen molar-refractivity contribution in [1.82, 2.24) is 9.29 Å². The Kier molecular flexibility index (Phi) is 7.31. The average Bonchev–Trinajstić information content (AvgIpc) is 2.67. The number of hydrogen-bond donors (Lipinski definition) is 1. The van der Waals surface area contributed by atoms with E-state index in [1.165, 1.54) is 10.4 Å². The van der Waals surface area contributed by atoms with Gasteiger partial charge in [-0.15, -0.1) is 0 Å². The highest BCUT2D eigenvalue weighted by Gasteiger charge is 2.20. The van der Waals surface area contributed by atoms with E-state index in [9.17, 15) is 13.2 Å². The summed E-state index contributed by atoms with van der Waals surface area (Å²) in [5.74, 6) is 0.367. The first kappa shape index (κ1) is 21.6. The number of pyridine rings is 1. The van der Waals surface area contributed by atoms with Crippen LogP contribution in [0.25, 0.3) is 6.08 Å². The summed E-state index contributed by atoms with van der Waals surface area (Å²) in [5, 5.41) is 2.80. The Labute approximate surface area is 166 Å². The lowest BCUT2D eigenvalue weighted by molar-refractivity contribution is -0.111. The minimum Gasteiger partial charge on any atom is -0.361 e. The van der Waals surface area contributed by atoms with E-state index in [0.717, 1.165) is 5.56 Å². The lowest BCUT2D eigenvalue weighted by atomic mass is 10.2. The summed E-state index contributed by atoms with van der Waals surface area (Å²) in [6.45, 7) is 4.45. The van der Waals surface area contributed by atoms with Gasteiger partial charge in [0.1, 0.15) is 0 Å². The van der Waals surface area contributed by atoms with Crippen LogP contribution in [0.1, 0.15) is 19.4 Å². The number of aromatic nitrogens is 1. The summed E-state index contributed by atoms with van der Waals surface area (Å²) in [4.78, 5) is 18.5. The monoisotopic (exact) mass is 402 g/mol. The fourth-order valence-corrected chi connectivity index (χ4v) is 4.12. The van der Waals surface area contributed by atoms with E-state index < -0.39 is 10.0 Å². The molecule has 1 aromatic carbocycles. The maximum atomic E-state index is 12.5. The molecule has 2 aromatic rings. The SMILES string of the molecule is CCN(CC)S(=O)(=O)c1ccc(/C=C/C(=O)Nc2cccnc2N(C)C)cc1. The Balaban J connectivity index is 2.10. The first-order valence-electron chi connectivity index (χ1n) is 9.01. The Morgan fingerprint density at radius 1 is 1.11 bits per heavy atom. The van der Waals surface area contributed by atoms with E-state index in [-0.39, 0.29) is 10.8 Å².